The number of rotatable bonds is 7. The van der Waals surface area contributed by atoms with Gasteiger partial charge in [-0.3, -0.25) is 9.59 Å². The molecule has 1 heterocycles. The Morgan fingerprint density at radius 2 is 2.00 bits per heavy atom. The van der Waals surface area contributed by atoms with Gasteiger partial charge in [-0.25, -0.2) is 0 Å². The predicted molar refractivity (Wildman–Crippen MR) is 129 cm³/mol. The minimum Gasteiger partial charge on any atom is -0.489 e. The number of amides is 2. The summed E-state index contributed by atoms with van der Waals surface area (Å²) in [6.45, 7) is 2.68. The zero-order valence-corrected chi connectivity index (χ0v) is 18.8. The van der Waals surface area contributed by atoms with Crippen LogP contribution in [0.1, 0.15) is 45.3 Å². The molecule has 3 N–H and O–H groups in total. The van der Waals surface area contributed by atoms with Crippen molar-refractivity contribution in [2.24, 2.45) is 11.7 Å². The van der Waals surface area contributed by atoms with Gasteiger partial charge in [0.25, 0.3) is 5.91 Å². The first kappa shape index (κ1) is 21.8. The molecule has 1 aliphatic carbocycles. The number of ether oxygens (including phenoxy) is 1. The van der Waals surface area contributed by atoms with Gasteiger partial charge in [-0.15, -0.1) is 11.3 Å². The molecule has 0 radical (unpaired) electrons. The smallest absolute Gasteiger partial charge is 0.251 e. The quantitative estimate of drug-likeness (QED) is 0.489. The second-order valence-electron chi connectivity index (χ2n) is 8.09. The van der Waals surface area contributed by atoms with Crippen LogP contribution in [0.25, 0.3) is 6.08 Å². The molecule has 2 amide bonds. The third kappa shape index (κ3) is 5.26. The van der Waals surface area contributed by atoms with Crippen LogP contribution in [0.4, 0.5) is 5.00 Å². The van der Waals surface area contributed by atoms with Crippen molar-refractivity contribution in [1.29, 1.82) is 0 Å². The molecule has 3 aromatic rings. The van der Waals surface area contributed by atoms with Crippen molar-refractivity contribution in [2.75, 3.05) is 5.32 Å². The zero-order chi connectivity index (χ0) is 22.5. The van der Waals surface area contributed by atoms with E-state index in [4.69, 9.17) is 10.5 Å². The molecule has 32 heavy (non-hydrogen) atoms. The van der Waals surface area contributed by atoms with Crippen molar-refractivity contribution >= 4 is 34.2 Å². The second kappa shape index (κ2) is 9.83. The van der Waals surface area contributed by atoms with E-state index in [0.29, 0.717) is 23.1 Å². The molecule has 4 rings (SSSR count). The van der Waals surface area contributed by atoms with E-state index < -0.39 is 5.91 Å². The average Bonchev–Trinajstić information content (AvgIpc) is 3.14. The van der Waals surface area contributed by atoms with Gasteiger partial charge in [0.1, 0.15) is 17.4 Å². The molecular weight excluding hydrogens is 420 g/mol. The number of carbonyl (C=O) groups excluding carboxylic acids is 2. The van der Waals surface area contributed by atoms with E-state index in [9.17, 15) is 9.59 Å². The van der Waals surface area contributed by atoms with Crippen molar-refractivity contribution in [2.45, 2.75) is 32.8 Å². The van der Waals surface area contributed by atoms with Gasteiger partial charge in [0.15, 0.2) is 0 Å². The first-order chi connectivity index (χ1) is 15.5. The number of hydrogen-bond donors (Lipinski definition) is 2. The van der Waals surface area contributed by atoms with Crippen molar-refractivity contribution in [3.05, 3.63) is 87.8 Å². The van der Waals surface area contributed by atoms with E-state index in [-0.39, 0.29) is 5.91 Å². The SMILES string of the molecule is CC1CCc2c(sc(NC(=O)/C=C/c3cccc(OCc4ccccc4)c3)c2C(N)=O)C1. The molecule has 1 unspecified atom stereocenters. The second-order valence-corrected chi connectivity index (χ2v) is 9.19. The van der Waals surface area contributed by atoms with Crippen LogP contribution < -0.4 is 15.8 Å². The maximum absolute atomic E-state index is 12.6. The molecule has 1 atom stereocenters. The van der Waals surface area contributed by atoms with Crippen molar-refractivity contribution in [3.63, 3.8) is 0 Å². The molecule has 1 aromatic heterocycles. The van der Waals surface area contributed by atoms with Gasteiger partial charge in [0.2, 0.25) is 5.91 Å². The van der Waals surface area contributed by atoms with Crippen LogP contribution in [0.2, 0.25) is 0 Å². The van der Waals surface area contributed by atoms with Crippen LogP contribution >= 0.6 is 11.3 Å². The maximum Gasteiger partial charge on any atom is 0.251 e. The summed E-state index contributed by atoms with van der Waals surface area (Å²) in [7, 11) is 0. The van der Waals surface area contributed by atoms with Crippen LogP contribution in [0.15, 0.2) is 60.7 Å². The number of nitrogens with one attached hydrogen (secondary N) is 1. The lowest BCUT2D eigenvalue weighted by Crippen LogP contribution is -2.18. The Kier molecular flexibility index (Phi) is 6.71. The van der Waals surface area contributed by atoms with E-state index >= 15 is 0 Å². The summed E-state index contributed by atoms with van der Waals surface area (Å²) in [4.78, 5) is 25.8. The third-order valence-corrected chi connectivity index (χ3v) is 6.70. The highest BCUT2D eigenvalue weighted by Crippen LogP contribution is 2.39. The molecule has 0 bridgehead atoms. The van der Waals surface area contributed by atoms with E-state index in [1.54, 1.807) is 6.08 Å². The van der Waals surface area contributed by atoms with Crippen molar-refractivity contribution in [3.8, 4) is 5.75 Å². The summed E-state index contributed by atoms with van der Waals surface area (Å²) in [5, 5.41) is 3.40. The van der Waals surface area contributed by atoms with Gasteiger partial charge >= 0.3 is 0 Å². The maximum atomic E-state index is 12.6. The van der Waals surface area contributed by atoms with Crippen LogP contribution in [0, 0.1) is 5.92 Å². The molecule has 1 aliphatic rings. The topological polar surface area (TPSA) is 81.4 Å². The monoisotopic (exact) mass is 446 g/mol. The van der Waals surface area contributed by atoms with Gasteiger partial charge < -0.3 is 15.8 Å². The number of hydrogen-bond acceptors (Lipinski definition) is 4. The van der Waals surface area contributed by atoms with Crippen LogP contribution in [-0.4, -0.2) is 11.8 Å². The number of fused-ring (bicyclic) bond motifs is 1. The molecule has 0 spiro atoms. The Bertz CT molecular complexity index is 1150. The summed E-state index contributed by atoms with van der Waals surface area (Å²) in [6.07, 6.45) is 5.96. The fourth-order valence-corrected chi connectivity index (χ4v) is 5.29. The summed E-state index contributed by atoms with van der Waals surface area (Å²) in [5.74, 6) is 0.517. The molecule has 0 aliphatic heterocycles. The molecule has 0 fully saturated rings. The Morgan fingerprint density at radius 1 is 1.19 bits per heavy atom. The highest BCUT2D eigenvalue weighted by Gasteiger charge is 2.26. The molecular formula is C26H26N2O3S. The highest BCUT2D eigenvalue weighted by molar-refractivity contribution is 7.17. The third-order valence-electron chi connectivity index (χ3n) is 5.53. The fraction of sp³-hybridized carbons (Fsp3) is 0.231. The van der Waals surface area contributed by atoms with E-state index in [1.165, 1.54) is 17.4 Å². The van der Waals surface area contributed by atoms with Gasteiger partial charge in [-0.2, -0.15) is 0 Å². The largest absolute Gasteiger partial charge is 0.489 e. The number of anilines is 1. The number of thiophene rings is 1. The van der Waals surface area contributed by atoms with Crippen molar-refractivity contribution in [1.82, 2.24) is 0 Å². The van der Waals surface area contributed by atoms with Crippen LogP contribution in [0.5, 0.6) is 5.75 Å². The number of benzene rings is 2. The standard InChI is InChI=1S/C26H26N2O3S/c1-17-10-12-21-22(14-17)32-26(24(21)25(27)30)28-23(29)13-11-18-8-5-9-20(15-18)31-16-19-6-3-2-4-7-19/h2-9,11,13,15,17H,10,12,14,16H2,1H3,(H2,27,30)(H,28,29)/b13-11+. The van der Waals surface area contributed by atoms with Crippen molar-refractivity contribution < 1.29 is 14.3 Å². The summed E-state index contributed by atoms with van der Waals surface area (Å²) in [6, 6.07) is 17.5. The van der Waals surface area contributed by atoms with Crippen LogP contribution in [-0.2, 0) is 24.2 Å². The lowest BCUT2D eigenvalue weighted by molar-refractivity contribution is -0.111. The molecule has 0 saturated carbocycles. The van der Waals surface area contributed by atoms with Gasteiger partial charge in [-0.1, -0.05) is 49.4 Å². The first-order valence-electron chi connectivity index (χ1n) is 10.7. The fourth-order valence-electron chi connectivity index (χ4n) is 3.87. The Labute approximate surface area is 191 Å². The van der Waals surface area contributed by atoms with E-state index in [1.807, 2.05) is 54.6 Å². The van der Waals surface area contributed by atoms with E-state index in [0.717, 1.165) is 46.6 Å². The number of primary amides is 1. The molecule has 2 aromatic carbocycles. The average molecular weight is 447 g/mol. The Hall–Kier alpha value is -3.38. The normalized spacial score (nSPS) is 15.3. The number of nitrogens with two attached hydrogens (primary N) is 1. The lowest BCUT2D eigenvalue weighted by atomic mass is 9.88. The Morgan fingerprint density at radius 3 is 2.78 bits per heavy atom. The lowest BCUT2D eigenvalue weighted by Gasteiger charge is -2.18. The minimum absolute atomic E-state index is 0.297. The molecule has 164 valence electrons. The van der Waals surface area contributed by atoms with Gasteiger partial charge in [-0.05, 0) is 60.1 Å². The first-order valence-corrected chi connectivity index (χ1v) is 11.5. The predicted octanol–water partition coefficient (Wildman–Crippen LogP) is 5.20. The Balaban J connectivity index is 1.42. The van der Waals surface area contributed by atoms with Gasteiger partial charge in [0, 0.05) is 11.0 Å². The molecule has 0 saturated heterocycles. The molecule has 6 heteroatoms. The molecule has 5 nitrogen and oxygen atoms in total. The summed E-state index contributed by atoms with van der Waals surface area (Å²) >= 11 is 1.46. The zero-order valence-electron chi connectivity index (χ0n) is 18.0. The van der Waals surface area contributed by atoms with Crippen LogP contribution in [0.3, 0.4) is 0 Å². The minimum atomic E-state index is -0.486. The van der Waals surface area contributed by atoms with E-state index in [2.05, 4.69) is 12.2 Å². The summed E-state index contributed by atoms with van der Waals surface area (Å²) in [5.41, 5.74) is 9.04. The van der Waals surface area contributed by atoms with Gasteiger partial charge in [0.05, 0.1) is 5.56 Å². The number of carbonyl (C=O) groups is 2. The summed E-state index contributed by atoms with van der Waals surface area (Å²) < 4.78 is 5.85. The highest BCUT2D eigenvalue weighted by atomic mass is 32.1.